The van der Waals surface area contributed by atoms with Crippen LogP contribution in [-0.4, -0.2) is 13.9 Å². The van der Waals surface area contributed by atoms with E-state index in [9.17, 15) is 21.6 Å². The van der Waals surface area contributed by atoms with E-state index in [4.69, 9.17) is 8.39 Å². The highest BCUT2D eigenvalue weighted by Gasteiger charge is 2.47. The summed E-state index contributed by atoms with van der Waals surface area (Å²) in [5.41, 5.74) is -3.66. The second kappa shape index (κ2) is 7.52. The molecule has 0 bridgehead atoms. The number of halogens is 3. The molecule has 0 aliphatic rings. The van der Waals surface area contributed by atoms with E-state index in [1.165, 1.54) is 0 Å². The van der Waals surface area contributed by atoms with Crippen LogP contribution in [0.1, 0.15) is 11.1 Å². The summed E-state index contributed by atoms with van der Waals surface area (Å²) in [4.78, 5) is 0. The maximum absolute atomic E-state index is 13.1. The Hall–Kier alpha value is -3.00. The number of benzene rings is 4. The third-order valence-electron chi connectivity index (χ3n) is 5.47. The van der Waals surface area contributed by atoms with Gasteiger partial charge in [-0.05, 0) is 58.7 Å². The van der Waals surface area contributed by atoms with E-state index in [0.29, 0.717) is 21.9 Å². The molecule has 10 heteroatoms. The van der Waals surface area contributed by atoms with Gasteiger partial charge in [-0.2, -0.15) is 13.2 Å². The van der Waals surface area contributed by atoms with Gasteiger partial charge in [0.2, 0.25) is 0 Å². The van der Waals surface area contributed by atoms with Gasteiger partial charge in [0.15, 0.2) is 0 Å². The van der Waals surface area contributed by atoms with E-state index in [1.54, 1.807) is 18.3 Å². The number of hydrogen-bond acceptors (Lipinski definition) is 4. The Balaban J connectivity index is 2.07. The molecule has 1 N–H and O–H groups in total. The standard InChI is InChI=1S/C23H17F3NO4PS/c1-13-11-15-7-3-5-9-17(15)19-20-18-10-6-4-8-16(18)12-14(2)22(20)31-32(30-21(13)19)27-33(28,29)23(24,25)26/h3-12,27H,1-2H3. The largest absolute Gasteiger partial charge is 0.512 e. The average molecular weight is 491 g/mol. The van der Waals surface area contributed by atoms with Crippen LogP contribution in [0.5, 0.6) is 0 Å². The Bertz CT molecular complexity index is 1620. The lowest BCUT2D eigenvalue weighted by Crippen LogP contribution is -2.28. The smallest absolute Gasteiger partial charge is 0.407 e. The maximum Gasteiger partial charge on any atom is 0.512 e. The van der Waals surface area contributed by atoms with Gasteiger partial charge in [0, 0.05) is 10.8 Å². The molecule has 0 saturated heterocycles. The summed E-state index contributed by atoms with van der Waals surface area (Å²) < 4.78 is 76.4. The third kappa shape index (κ3) is 3.57. The summed E-state index contributed by atoms with van der Waals surface area (Å²) in [7, 11) is -8.43. The van der Waals surface area contributed by atoms with Gasteiger partial charge in [-0.3, -0.25) is 0 Å². The van der Waals surface area contributed by atoms with Gasteiger partial charge < -0.3 is 8.39 Å². The molecule has 0 fully saturated rings. The van der Waals surface area contributed by atoms with Crippen molar-refractivity contribution >= 4 is 61.7 Å². The van der Waals surface area contributed by atoms with Crippen molar-refractivity contribution in [2.45, 2.75) is 19.4 Å². The molecule has 1 heterocycles. The molecule has 0 aliphatic carbocycles. The summed E-state index contributed by atoms with van der Waals surface area (Å²) in [6, 6.07) is 18.8. The zero-order valence-electron chi connectivity index (χ0n) is 17.4. The van der Waals surface area contributed by atoms with Crippen molar-refractivity contribution in [3.05, 3.63) is 71.8 Å². The van der Waals surface area contributed by atoms with Gasteiger partial charge in [0.25, 0.3) is 0 Å². The monoisotopic (exact) mass is 491 g/mol. The predicted octanol–water partition coefficient (Wildman–Crippen LogP) is 7.61. The first-order valence-electron chi connectivity index (χ1n) is 9.86. The summed E-state index contributed by atoms with van der Waals surface area (Å²) >= 11 is 0. The molecule has 0 spiro atoms. The first kappa shape index (κ1) is 21.8. The lowest BCUT2D eigenvalue weighted by atomic mass is 9.95. The van der Waals surface area contributed by atoms with Gasteiger partial charge in [-0.25, -0.2) is 8.42 Å². The van der Waals surface area contributed by atoms with Crippen LogP contribution in [-0.2, 0) is 10.0 Å². The number of aryl methyl sites for hydroxylation is 2. The molecular weight excluding hydrogens is 474 g/mol. The van der Waals surface area contributed by atoms with Gasteiger partial charge in [0.05, 0.1) is 0 Å². The molecule has 0 atom stereocenters. The van der Waals surface area contributed by atoms with Crippen LogP contribution < -0.4 is 4.49 Å². The van der Waals surface area contributed by atoms with E-state index in [2.05, 4.69) is 0 Å². The highest BCUT2D eigenvalue weighted by atomic mass is 32.2. The van der Waals surface area contributed by atoms with Crippen LogP contribution in [0.15, 0.2) is 69.1 Å². The minimum Gasteiger partial charge on any atom is -0.407 e. The SMILES string of the molecule is Cc1cc2ccccc2c2c1op(NS(=O)(=O)C(F)(F)F)oc1c(C)cc3ccccc3c12. The molecule has 1 aromatic heterocycles. The highest BCUT2D eigenvalue weighted by molar-refractivity contribution is 7.98. The number of rotatable bonds is 2. The van der Waals surface area contributed by atoms with Crippen molar-refractivity contribution in [2.24, 2.45) is 0 Å². The van der Waals surface area contributed by atoms with Crippen molar-refractivity contribution in [1.82, 2.24) is 0 Å². The second-order valence-corrected chi connectivity index (χ2v) is 10.8. The lowest BCUT2D eigenvalue weighted by Gasteiger charge is -2.08. The molecule has 5 nitrogen and oxygen atoms in total. The Morgan fingerprint density at radius 2 is 1.21 bits per heavy atom. The van der Waals surface area contributed by atoms with Crippen molar-refractivity contribution in [2.75, 3.05) is 4.49 Å². The Morgan fingerprint density at radius 3 is 1.64 bits per heavy atom. The normalized spacial score (nSPS) is 12.8. The van der Waals surface area contributed by atoms with E-state index < -0.39 is 23.7 Å². The van der Waals surface area contributed by atoms with Crippen LogP contribution in [0.25, 0.3) is 43.5 Å². The van der Waals surface area contributed by atoms with Gasteiger partial charge in [0.1, 0.15) is 11.2 Å². The Labute approximate surface area is 187 Å². The molecule has 5 rings (SSSR count). The summed E-state index contributed by atoms with van der Waals surface area (Å²) in [6.07, 6.45) is 0. The number of sulfonamides is 1. The van der Waals surface area contributed by atoms with Crippen molar-refractivity contribution in [3.63, 3.8) is 0 Å². The summed E-state index contributed by atoms with van der Waals surface area (Å²) in [5, 5.41) is 4.75. The van der Waals surface area contributed by atoms with Crippen molar-refractivity contribution in [1.29, 1.82) is 0 Å². The minimum atomic E-state index is -5.70. The molecule has 170 valence electrons. The zero-order valence-corrected chi connectivity index (χ0v) is 19.1. The fraction of sp³-hybridized carbons (Fsp3) is 0.130. The quantitative estimate of drug-likeness (QED) is 0.276. The molecule has 5 aromatic rings. The highest BCUT2D eigenvalue weighted by Crippen LogP contribution is 2.43. The molecule has 4 aromatic carbocycles. The topological polar surface area (TPSA) is 72.5 Å². The summed E-state index contributed by atoms with van der Waals surface area (Å²) in [6.45, 7) is 3.53. The first-order valence-corrected chi connectivity index (χ1v) is 12.5. The molecule has 0 saturated carbocycles. The molecule has 0 amide bonds. The Morgan fingerprint density at radius 1 is 0.788 bits per heavy atom. The number of hydrogen-bond donors (Lipinski definition) is 1. The predicted molar refractivity (Wildman–Crippen MR) is 125 cm³/mol. The molecule has 0 radical (unpaired) electrons. The molecule has 0 aliphatic heterocycles. The fourth-order valence-corrected chi connectivity index (χ4v) is 6.38. The minimum absolute atomic E-state index is 0.277. The van der Waals surface area contributed by atoms with Crippen molar-refractivity contribution in [3.8, 4) is 0 Å². The molecule has 0 unspecified atom stereocenters. The number of nitrogens with one attached hydrogen (secondary N) is 1. The average Bonchev–Trinajstić information content (AvgIpc) is 2.91. The first-order chi connectivity index (χ1) is 15.6. The van der Waals surface area contributed by atoms with Crippen LogP contribution >= 0.6 is 8.16 Å². The Kier molecular flexibility index (Phi) is 4.97. The number of fused-ring (bicyclic) bond motifs is 7. The van der Waals surface area contributed by atoms with Crippen LogP contribution in [0.3, 0.4) is 0 Å². The van der Waals surface area contributed by atoms with E-state index in [-0.39, 0.29) is 11.2 Å². The fourth-order valence-electron chi connectivity index (χ4n) is 4.04. The van der Waals surface area contributed by atoms with Gasteiger partial charge in [-0.1, -0.05) is 48.5 Å². The van der Waals surface area contributed by atoms with Gasteiger partial charge >= 0.3 is 23.7 Å². The van der Waals surface area contributed by atoms with E-state index >= 15 is 0 Å². The van der Waals surface area contributed by atoms with Crippen LogP contribution in [0, 0.1) is 13.8 Å². The number of alkyl halides is 3. The lowest BCUT2D eigenvalue weighted by molar-refractivity contribution is -0.0428. The van der Waals surface area contributed by atoms with E-state index in [1.807, 2.05) is 60.7 Å². The third-order valence-corrected chi connectivity index (χ3v) is 8.34. The van der Waals surface area contributed by atoms with Crippen LogP contribution in [0.2, 0.25) is 0 Å². The van der Waals surface area contributed by atoms with Crippen molar-refractivity contribution < 1.29 is 30.0 Å². The van der Waals surface area contributed by atoms with Gasteiger partial charge in [-0.15, -0.1) is 4.49 Å². The second-order valence-electron chi connectivity index (χ2n) is 7.72. The summed E-state index contributed by atoms with van der Waals surface area (Å²) in [5.74, 6) is 0. The van der Waals surface area contributed by atoms with Crippen LogP contribution in [0.4, 0.5) is 13.2 Å². The zero-order chi connectivity index (χ0) is 23.5. The molecular formula is C23H17F3NO4PS. The molecule has 33 heavy (non-hydrogen) atoms. The maximum atomic E-state index is 13.1. The van der Waals surface area contributed by atoms with E-state index in [0.717, 1.165) is 21.5 Å².